The molecule has 0 radical (unpaired) electrons. The number of ether oxygens (including phenoxy) is 1. The molecule has 1 N–H and O–H groups in total. The van der Waals surface area contributed by atoms with Gasteiger partial charge >= 0.3 is 6.01 Å². The van der Waals surface area contributed by atoms with Crippen molar-refractivity contribution in [2.45, 2.75) is 12.8 Å². The number of hydrogen-bond acceptors (Lipinski definition) is 6. The summed E-state index contributed by atoms with van der Waals surface area (Å²) in [5, 5.41) is 3.75. The van der Waals surface area contributed by atoms with E-state index in [2.05, 4.69) is 20.2 Å². The molecular weight excluding hydrogens is 378 g/mol. The minimum absolute atomic E-state index is 0.104. The van der Waals surface area contributed by atoms with E-state index in [0.717, 1.165) is 44.0 Å². The first-order valence-corrected chi connectivity index (χ1v) is 9.79. The van der Waals surface area contributed by atoms with Crippen molar-refractivity contribution in [3.05, 3.63) is 41.6 Å². The number of rotatable bonds is 7. The van der Waals surface area contributed by atoms with Crippen molar-refractivity contribution in [2.75, 3.05) is 50.6 Å². The molecule has 0 saturated carbocycles. The van der Waals surface area contributed by atoms with Gasteiger partial charge in [0.25, 0.3) is 0 Å². The summed E-state index contributed by atoms with van der Waals surface area (Å²) in [6.07, 6.45) is 3.65. The molecule has 1 aromatic heterocycles. The number of nitrogens with zero attached hydrogens (tertiary/aromatic N) is 4. The van der Waals surface area contributed by atoms with Gasteiger partial charge in [0.1, 0.15) is 5.82 Å². The number of hydrogen-bond donors (Lipinski definition) is 1. The Balaban J connectivity index is 1.44. The van der Waals surface area contributed by atoms with Crippen LogP contribution in [0.1, 0.15) is 12.8 Å². The van der Waals surface area contributed by atoms with Gasteiger partial charge in [0.05, 0.1) is 24.4 Å². The van der Waals surface area contributed by atoms with Gasteiger partial charge in [-0.05, 0) is 37.0 Å². The number of aromatic nitrogens is 2. The molecule has 8 heteroatoms. The van der Waals surface area contributed by atoms with Crippen LogP contribution in [-0.4, -0.2) is 61.1 Å². The summed E-state index contributed by atoms with van der Waals surface area (Å²) in [5.74, 6) is 1.47. The molecule has 0 unspecified atom stereocenters. The molecule has 1 fully saturated rings. The van der Waals surface area contributed by atoms with Crippen LogP contribution in [0.15, 0.2) is 36.5 Å². The number of carbonyl (C=O) groups is 1. The minimum Gasteiger partial charge on any atom is -0.467 e. The Kier molecular flexibility index (Phi) is 6.92. The maximum Gasteiger partial charge on any atom is 0.318 e. The van der Waals surface area contributed by atoms with E-state index >= 15 is 0 Å². The second-order valence-electron chi connectivity index (χ2n) is 6.94. The first-order valence-electron chi connectivity index (χ1n) is 9.41. The van der Waals surface area contributed by atoms with Crippen LogP contribution >= 0.6 is 11.6 Å². The fourth-order valence-electron chi connectivity index (χ4n) is 3.38. The van der Waals surface area contributed by atoms with Gasteiger partial charge in [-0.15, -0.1) is 0 Å². The van der Waals surface area contributed by atoms with Crippen LogP contribution in [0, 0.1) is 5.92 Å². The third kappa shape index (κ3) is 5.25. The zero-order valence-electron chi connectivity index (χ0n) is 16.3. The van der Waals surface area contributed by atoms with Crippen molar-refractivity contribution in [1.82, 2.24) is 14.9 Å². The van der Waals surface area contributed by atoms with E-state index in [1.54, 1.807) is 13.3 Å². The summed E-state index contributed by atoms with van der Waals surface area (Å²) in [6.45, 7) is 2.69. The molecule has 150 valence electrons. The highest BCUT2D eigenvalue weighted by molar-refractivity contribution is 6.33. The predicted molar refractivity (Wildman–Crippen MR) is 111 cm³/mol. The van der Waals surface area contributed by atoms with Crippen LogP contribution in [0.4, 0.5) is 11.5 Å². The third-order valence-electron chi connectivity index (χ3n) is 5.00. The lowest BCUT2D eigenvalue weighted by atomic mass is 9.96. The number of carbonyl (C=O) groups excluding carboxylic acids is 1. The largest absolute Gasteiger partial charge is 0.467 e. The topological polar surface area (TPSA) is 70.6 Å². The molecule has 3 rings (SSSR count). The molecule has 0 bridgehead atoms. The Morgan fingerprint density at radius 3 is 2.79 bits per heavy atom. The van der Waals surface area contributed by atoms with E-state index < -0.39 is 0 Å². The summed E-state index contributed by atoms with van der Waals surface area (Å²) in [4.78, 5) is 24.9. The Bertz CT molecular complexity index is 796. The predicted octanol–water partition coefficient (Wildman–Crippen LogP) is 2.93. The Labute approximate surface area is 170 Å². The number of anilines is 2. The smallest absolute Gasteiger partial charge is 0.318 e. The lowest BCUT2D eigenvalue weighted by Gasteiger charge is -2.34. The highest BCUT2D eigenvalue weighted by Gasteiger charge is 2.24. The Hall–Kier alpha value is -2.54. The molecule has 1 aromatic carbocycles. The minimum atomic E-state index is 0.104. The summed E-state index contributed by atoms with van der Waals surface area (Å²) >= 11 is 6.12. The summed E-state index contributed by atoms with van der Waals surface area (Å²) < 4.78 is 5.09. The first kappa shape index (κ1) is 20.2. The van der Waals surface area contributed by atoms with Crippen LogP contribution in [0.2, 0.25) is 5.02 Å². The molecule has 2 aromatic rings. The van der Waals surface area contributed by atoms with E-state index in [1.807, 2.05) is 42.3 Å². The lowest BCUT2D eigenvalue weighted by molar-refractivity contribution is -0.130. The van der Waals surface area contributed by atoms with Crippen molar-refractivity contribution in [1.29, 1.82) is 0 Å². The summed E-state index contributed by atoms with van der Waals surface area (Å²) in [6, 6.07) is 9.70. The molecule has 1 amide bonds. The van der Waals surface area contributed by atoms with Crippen molar-refractivity contribution in [3.8, 4) is 6.01 Å². The molecule has 2 heterocycles. The number of likely N-dealkylation sites (tertiary alicyclic amines) is 1. The van der Waals surface area contributed by atoms with Crippen LogP contribution in [0.5, 0.6) is 6.01 Å². The third-order valence-corrected chi connectivity index (χ3v) is 5.33. The molecule has 28 heavy (non-hydrogen) atoms. The van der Waals surface area contributed by atoms with E-state index in [-0.39, 0.29) is 12.5 Å². The van der Waals surface area contributed by atoms with Crippen LogP contribution in [-0.2, 0) is 4.79 Å². The zero-order valence-corrected chi connectivity index (χ0v) is 17.0. The quantitative estimate of drug-likeness (QED) is 0.766. The number of piperidine rings is 1. The zero-order chi connectivity index (χ0) is 19.9. The van der Waals surface area contributed by atoms with Crippen molar-refractivity contribution >= 4 is 29.0 Å². The van der Waals surface area contributed by atoms with E-state index in [1.165, 1.54) is 0 Å². The van der Waals surface area contributed by atoms with Crippen molar-refractivity contribution in [3.63, 3.8) is 0 Å². The molecule has 1 aliphatic rings. The molecule has 1 saturated heterocycles. The van der Waals surface area contributed by atoms with Crippen LogP contribution in [0.3, 0.4) is 0 Å². The number of methoxy groups -OCH3 is 1. The molecule has 0 atom stereocenters. The normalized spacial score (nSPS) is 14.6. The van der Waals surface area contributed by atoms with Gasteiger partial charge in [0, 0.05) is 32.9 Å². The monoisotopic (exact) mass is 403 g/mol. The second-order valence-corrected chi connectivity index (χ2v) is 7.35. The molecular formula is C20H26ClN5O2. The average molecular weight is 404 g/mol. The standard InChI is InChI=1S/C20H26ClN5O2/c1-25(18-7-10-22-20(24-18)28-2)14-15-8-11-26(12-9-15)19(27)13-23-17-6-4-3-5-16(17)21/h3-7,10,15,23H,8-9,11-14H2,1-2H3. The van der Waals surface area contributed by atoms with Crippen LogP contribution < -0.4 is 15.0 Å². The first-order chi connectivity index (χ1) is 13.6. The highest BCUT2D eigenvalue weighted by Crippen LogP contribution is 2.22. The molecule has 1 aliphatic heterocycles. The molecule has 0 spiro atoms. The van der Waals surface area contributed by atoms with E-state index in [0.29, 0.717) is 17.0 Å². The SMILES string of the molecule is COc1nccc(N(C)CC2CCN(C(=O)CNc3ccccc3Cl)CC2)n1. The number of nitrogens with one attached hydrogen (secondary N) is 1. The number of halogens is 1. The lowest BCUT2D eigenvalue weighted by Crippen LogP contribution is -2.43. The number of benzene rings is 1. The van der Waals surface area contributed by atoms with Gasteiger partial charge in [-0.25, -0.2) is 4.98 Å². The van der Waals surface area contributed by atoms with Gasteiger partial charge in [-0.3, -0.25) is 4.79 Å². The van der Waals surface area contributed by atoms with E-state index in [4.69, 9.17) is 16.3 Å². The van der Waals surface area contributed by atoms with Crippen LogP contribution in [0.25, 0.3) is 0 Å². The second kappa shape index (κ2) is 9.59. The van der Waals surface area contributed by atoms with Gasteiger partial charge in [0.2, 0.25) is 5.91 Å². The van der Waals surface area contributed by atoms with Gasteiger partial charge in [-0.1, -0.05) is 23.7 Å². The maximum absolute atomic E-state index is 12.5. The molecule has 7 nitrogen and oxygen atoms in total. The maximum atomic E-state index is 12.5. The van der Waals surface area contributed by atoms with Crippen molar-refractivity contribution in [2.24, 2.45) is 5.92 Å². The fourth-order valence-corrected chi connectivity index (χ4v) is 3.58. The van der Waals surface area contributed by atoms with E-state index in [9.17, 15) is 4.79 Å². The van der Waals surface area contributed by atoms with Crippen molar-refractivity contribution < 1.29 is 9.53 Å². The number of para-hydroxylation sites is 1. The van der Waals surface area contributed by atoms with Gasteiger partial charge < -0.3 is 19.9 Å². The molecule has 0 aliphatic carbocycles. The summed E-state index contributed by atoms with van der Waals surface area (Å²) in [5.41, 5.74) is 0.786. The highest BCUT2D eigenvalue weighted by atomic mass is 35.5. The Morgan fingerprint density at radius 2 is 2.07 bits per heavy atom. The van der Waals surface area contributed by atoms with Gasteiger partial charge in [0.15, 0.2) is 0 Å². The summed E-state index contributed by atoms with van der Waals surface area (Å²) in [7, 11) is 3.58. The Morgan fingerprint density at radius 1 is 1.32 bits per heavy atom. The number of amides is 1. The average Bonchev–Trinajstić information content (AvgIpc) is 2.73. The fraction of sp³-hybridized carbons (Fsp3) is 0.450. The van der Waals surface area contributed by atoms with Gasteiger partial charge in [-0.2, -0.15) is 4.98 Å².